The quantitative estimate of drug-likeness (QED) is 0.748. The van der Waals surface area contributed by atoms with E-state index in [1.807, 2.05) is 36.6 Å². The molecule has 5 nitrogen and oxygen atoms in total. The highest BCUT2D eigenvalue weighted by Crippen LogP contribution is 2.20. The maximum Gasteiger partial charge on any atom is 0.201 e. The van der Waals surface area contributed by atoms with Crippen molar-refractivity contribution in [3.8, 4) is 0 Å². The average molecular weight is 242 g/mol. The number of hydrogen-bond acceptors (Lipinski definition) is 4. The van der Waals surface area contributed by atoms with Crippen LogP contribution >= 0.6 is 0 Å². The summed E-state index contributed by atoms with van der Waals surface area (Å²) in [6.45, 7) is 4.49. The first-order valence-corrected chi connectivity index (χ1v) is 5.78. The monoisotopic (exact) mass is 242 g/mol. The van der Waals surface area contributed by atoms with Gasteiger partial charge in [-0.05, 0) is 31.5 Å². The molecule has 0 aliphatic carbocycles. The molecule has 2 N–H and O–H groups in total. The van der Waals surface area contributed by atoms with E-state index in [4.69, 9.17) is 10.3 Å². The molecule has 0 saturated heterocycles. The van der Waals surface area contributed by atoms with E-state index >= 15 is 0 Å². The number of hydrogen-bond donors (Lipinski definition) is 1. The second-order valence-electron chi connectivity index (χ2n) is 4.48. The van der Waals surface area contributed by atoms with Crippen LogP contribution in [-0.4, -0.2) is 14.7 Å². The van der Waals surface area contributed by atoms with Crippen molar-refractivity contribution in [1.29, 1.82) is 0 Å². The molecule has 0 unspecified atom stereocenters. The van der Waals surface area contributed by atoms with E-state index in [1.54, 1.807) is 0 Å². The minimum Gasteiger partial charge on any atom is -0.369 e. The highest BCUT2D eigenvalue weighted by molar-refractivity contribution is 5.79. The molecule has 0 aliphatic rings. The van der Waals surface area contributed by atoms with E-state index in [1.165, 1.54) is 5.56 Å². The van der Waals surface area contributed by atoms with Crippen LogP contribution in [0.3, 0.4) is 0 Å². The van der Waals surface area contributed by atoms with Gasteiger partial charge < -0.3 is 14.8 Å². The molecule has 0 spiro atoms. The van der Waals surface area contributed by atoms with Crippen molar-refractivity contribution < 1.29 is 4.52 Å². The molecule has 0 atom stereocenters. The number of aryl methyl sites for hydroxylation is 2. The third-order valence-corrected chi connectivity index (χ3v) is 2.93. The fourth-order valence-electron chi connectivity index (χ4n) is 2.07. The van der Waals surface area contributed by atoms with Gasteiger partial charge in [0.15, 0.2) is 0 Å². The van der Waals surface area contributed by atoms with Crippen LogP contribution in [0.25, 0.3) is 11.0 Å². The number of rotatable bonds is 2. The van der Waals surface area contributed by atoms with Gasteiger partial charge in [0.25, 0.3) is 0 Å². The lowest BCUT2D eigenvalue weighted by Gasteiger charge is -2.03. The summed E-state index contributed by atoms with van der Waals surface area (Å²) in [6, 6.07) is 7.98. The Hall–Kier alpha value is -2.30. The Kier molecular flexibility index (Phi) is 2.33. The Morgan fingerprint density at radius 3 is 2.83 bits per heavy atom. The molecule has 5 heteroatoms. The normalized spacial score (nSPS) is 11.2. The summed E-state index contributed by atoms with van der Waals surface area (Å²) >= 11 is 0. The van der Waals surface area contributed by atoms with Crippen LogP contribution in [0.4, 0.5) is 5.95 Å². The number of fused-ring (bicyclic) bond motifs is 1. The number of nitrogens with two attached hydrogens (primary N) is 1. The fourth-order valence-corrected chi connectivity index (χ4v) is 2.07. The first-order valence-electron chi connectivity index (χ1n) is 5.78. The zero-order chi connectivity index (χ0) is 12.7. The lowest BCUT2D eigenvalue weighted by molar-refractivity contribution is 0.389. The average Bonchev–Trinajstić information content (AvgIpc) is 2.86. The van der Waals surface area contributed by atoms with Crippen molar-refractivity contribution in [2.45, 2.75) is 20.4 Å². The van der Waals surface area contributed by atoms with Gasteiger partial charge in [-0.15, -0.1) is 0 Å². The first kappa shape index (κ1) is 10.8. The highest BCUT2D eigenvalue weighted by atomic mass is 16.5. The number of nitrogen functional groups attached to an aromatic ring is 1. The van der Waals surface area contributed by atoms with E-state index in [2.05, 4.69) is 16.2 Å². The van der Waals surface area contributed by atoms with Gasteiger partial charge in [0.1, 0.15) is 11.5 Å². The Labute approximate surface area is 104 Å². The van der Waals surface area contributed by atoms with E-state index in [-0.39, 0.29) is 0 Å². The third kappa shape index (κ3) is 1.73. The maximum atomic E-state index is 5.95. The van der Waals surface area contributed by atoms with Gasteiger partial charge in [-0.3, -0.25) is 0 Å². The SMILES string of the molecule is Cc1ccc2nc(N)n(Cc3cc(C)on3)c2c1. The van der Waals surface area contributed by atoms with Crippen molar-refractivity contribution in [3.63, 3.8) is 0 Å². The topological polar surface area (TPSA) is 69.9 Å². The molecule has 18 heavy (non-hydrogen) atoms. The zero-order valence-electron chi connectivity index (χ0n) is 10.3. The van der Waals surface area contributed by atoms with Crippen LogP contribution in [0.2, 0.25) is 0 Å². The molecular formula is C13H14N4O. The van der Waals surface area contributed by atoms with E-state index in [0.29, 0.717) is 12.5 Å². The smallest absolute Gasteiger partial charge is 0.201 e. The van der Waals surface area contributed by atoms with Crippen LogP contribution in [-0.2, 0) is 6.54 Å². The predicted octanol–water partition coefficient (Wildman–Crippen LogP) is 2.27. The van der Waals surface area contributed by atoms with Crippen LogP contribution < -0.4 is 5.73 Å². The molecular weight excluding hydrogens is 228 g/mol. The number of benzene rings is 1. The summed E-state index contributed by atoms with van der Waals surface area (Å²) in [5.74, 6) is 1.29. The summed E-state index contributed by atoms with van der Waals surface area (Å²) in [6.07, 6.45) is 0. The molecule has 0 amide bonds. The third-order valence-electron chi connectivity index (χ3n) is 2.93. The van der Waals surface area contributed by atoms with Crippen molar-refractivity contribution in [3.05, 3.63) is 41.3 Å². The molecule has 2 heterocycles. The van der Waals surface area contributed by atoms with Gasteiger partial charge in [-0.25, -0.2) is 4.98 Å². The molecule has 0 bridgehead atoms. The minimum atomic E-state index is 0.497. The van der Waals surface area contributed by atoms with Gasteiger partial charge >= 0.3 is 0 Å². The Balaban J connectivity index is 2.10. The molecule has 0 aliphatic heterocycles. The Morgan fingerprint density at radius 2 is 2.11 bits per heavy atom. The van der Waals surface area contributed by atoms with Crippen LogP contribution in [0.15, 0.2) is 28.8 Å². The van der Waals surface area contributed by atoms with Crippen molar-refractivity contribution in [2.24, 2.45) is 0 Å². The number of aromatic nitrogens is 3. The van der Waals surface area contributed by atoms with E-state index < -0.39 is 0 Å². The van der Waals surface area contributed by atoms with E-state index in [0.717, 1.165) is 22.5 Å². The number of nitrogens with zero attached hydrogens (tertiary/aromatic N) is 3. The summed E-state index contributed by atoms with van der Waals surface area (Å²) in [5.41, 5.74) is 9.90. The lowest BCUT2D eigenvalue weighted by atomic mass is 10.2. The molecule has 0 saturated carbocycles. The second kappa shape index (κ2) is 3.87. The Morgan fingerprint density at radius 1 is 1.28 bits per heavy atom. The molecule has 3 rings (SSSR count). The number of anilines is 1. The van der Waals surface area contributed by atoms with Crippen LogP contribution in [0, 0.1) is 13.8 Å². The van der Waals surface area contributed by atoms with Crippen molar-refractivity contribution in [2.75, 3.05) is 5.73 Å². The van der Waals surface area contributed by atoms with Crippen LogP contribution in [0.5, 0.6) is 0 Å². The standard InChI is InChI=1S/C13H14N4O/c1-8-3-4-11-12(5-8)17(13(14)15-11)7-10-6-9(2)18-16-10/h3-6H,7H2,1-2H3,(H2,14,15). The zero-order valence-corrected chi connectivity index (χ0v) is 10.3. The number of imidazole rings is 1. The summed E-state index contributed by atoms with van der Waals surface area (Å²) < 4.78 is 7.01. The molecule has 92 valence electrons. The van der Waals surface area contributed by atoms with E-state index in [9.17, 15) is 0 Å². The second-order valence-corrected chi connectivity index (χ2v) is 4.48. The van der Waals surface area contributed by atoms with Gasteiger partial charge in [-0.1, -0.05) is 11.2 Å². The molecule has 1 aromatic carbocycles. The minimum absolute atomic E-state index is 0.497. The molecule has 2 aromatic heterocycles. The van der Waals surface area contributed by atoms with Gasteiger partial charge in [0.05, 0.1) is 17.6 Å². The first-order chi connectivity index (χ1) is 8.63. The lowest BCUT2D eigenvalue weighted by Crippen LogP contribution is -2.04. The van der Waals surface area contributed by atoms with Crippen molar-refractivity contribution in [1.82, 2.24) is 14.7 Å². The summed E-state index contributed by atoms with van der Waals surface area (Å²) in [4.78, 5) is 4.34. The van der Waals surface area contributed by atoms with Gasteiger partial charge in [0.2, 0.25) is 5.95 Å². The Bertz CT molecular complexity index is 711. The fraction of sp³-hybridized carbons (Fsp3) is 0.231. The van der Waals surface area contributed by atoms with Gasteiger partial charge in [-0.2, -0.15) is 0 Å². The molecule has 0 radical (unpaired) electrons. The largest absolute Gasteiger partial charge is 0.369 e. The predicted molar refractivity (Wildman–Crippen MR) is 69.2 cm³/mol. The van der Waals surface area contributed by atoms with Crippen LogP contribution in [0.1, 0.15) is 17.0 Å². The maximum absolute atomic E-state index is 5.95. The summed E-state index contributed by atoms with van der Waals surface area (Å²) in [7, 11) is 0. The van der Waals surface area contributed by atoms with Gasteiger partial charge in [0, 0.05) is 6.07 Å². The highest BCUT2D eigenvalue weighted by Gasteiger charge is 2.10. The molecule has 3 aromatic rings. The molecule has 0 fully saturated rings. The van der Waals surface area contributed by atoms with Crippen molar-refractivity contribution >= 4 is 17.0 Å². The summed E-state index contributed by atoms with van der Waals surface area (Å²) in [5, 5.41) is 3.98.